The Morgan fingerprint density at radius 2 is 1.89 bits per heavy atom. The molecule has 0 aliphatic heterocycles. The maximum absolute atomic E-state index is 12.8. The highest BCUT2D eigenvalue weighted by molar-refractivity contribution is 6.04. The SMILES string of the molecule is Cc1ccc2c(c1)C1(C)CCCC(C)(C)C1C2=O. The first-order valence-corrected chi connectivity index (χ1v) is 7.02. The second kappa shape index (κ2) is 3.46. The molecule has 0 saturated heterocycles. The first-order chi connectivity index (χ1) is 8.36. The lowest BCUT2D eigenvalue weighted by atomic mass is 9.56. The van der Waals surface area contributed by atoms with Gasteiger partial charge in [-0.1, -0.05) is 51.0 Å². The van der Waals surface area contributed by atoms with Crippen molar-refractivity contribution in [2.75, 3.05) is 0 Å². The zero-order valence-electron chi connectivity index (χ0n) is 11.8. The van der Waals surface area contributed by atoms with E-state index in [2.05, 4.69) is 39.8 Å². The van der Waals surface area contributed by atoms with Crippen LogP contribution in [0.25, 0.3) is 0 Å². The lowest BCUT2D eigenvalue weighted by molar-refractivity contribution is 0.0500. The molecule has 0 bridgehead atoms. The fraction of sp³-hybridized carbons (Fsp3) is 0.588. The first-order valence-electron chi connectivity index (χ1n) is 7.02. The lowest BCUT2D eigenvalue weighted by Crippen LogP contribution is -2.44. The number of fused-ring (bicyclic) bond motifs is 3. The van der Waals surface area contributed by atoms with Crippen molar-refractivity contribution in [3.63, 3.8) is 0 Å². The summed E-state index contributed by atoms with van der Waals surface area (Å²) in [5.41, 5.74) is 3.78. The van der Waals surface area contributed by atoms with Crippen LogP contribution in [0.3, 0.4) is 0 Å². The van der Waals surface area contributed by atoms with Crippen molar-refractivity contribution in [1.29, 1.82) is 0 Å². The van der Waals surface area contributed by atoms with Gasteiger partial charge >= 0.3 is 0 Å². The van der Waals surface area contributed by atoms with Crippen LogP contribution in [-0.2, 0) is 5.41 Å². The van der Waals surface area contributed by atoms with E-state index in [-0.39, 0.29) is 16.7 Å². The summed E-state index contributed by atoms with van der Waals surface area (Å²) in [6.45, 7) is 8.97. The highest BCUT2D eigenvalue weighted by atomic mass is 16.1. The monoisotopic (exact) mass is 242 g/mol. The lowest BCUT2D eigenvalue weighted by Gasteiger charge is -2.46. The molecule has 0 amide bonds. The van der Waals surface area contributed by atoms with E-state index >= 15 is 0 Å². The molecule has 0 spiro atoms. The molecule has 1 saturated carbocycles. The molecule has 1 aromatic carbocycles. The summed E-state index contributed by atoms with van der Waals surface area (Å²) in [5, 5.41) is 0. The van der Waals surface area contributed by atoms with Crippen LogP contribution in [0.2, 0.25) is 0 Å². The van der Waals surface area contributed by atoms with Crippen LogP contribution in [-0.4, -0.2) is 5.78 Å². The third-order valence-electron chi connectivity index (χ3n) is 5.25. The predicted octanol–water partition coefficient (Wildman–Crippen LogP) is 4.28. The van der Waals surface area contributed by atoms with Gasteiger partial charge in [-0.05, 0) is 30.7 Å². The summed E-state index contributed by atoms with van der Waals surface area (Å²) >= 11 is 0. The second-order valence-electron chi connectivity index (χ2n) is 7.11. The van der Waals surface area contributed by atoms with Gasteiger partial charge in [-0.15, -0.1) is 0 Å². The van der Waals surface area contributed by atoms with Crippen molar-refractivity contribution < 1.29 is 4.79 Å². The molecule has 1 nitrogen and oxygen atoms in total. The van der Waals surface area contributed by atoms with Crippen molar-refractivity contribution in [1.82, 2.24) is 0 Å². The number of Topliss-reactive ketones (excluding diaryl/α,β-unsaturated/α-hetero) is 1. The number of rotatable bonds is 0. The topological polar surface area (TPSA) is 17.1 Å². The average Bonchev–Trinajstić information content (AvgIpc) is 2.48. The van der Waals surface area contributed by atoms with E-state index in [1.54, 1.807) is 0 Å². The van der Waals surface area contributed by atoms with E-state index in [1.807, 2.05) is 6.07 Å². The molecular formula is C17H22O. The number of carbonyl (C=O) groups is 1. The molecule has 96 valence electrons. The van der Waals surface area contributed by atoms with Gasteiger partial charge in [-0.3, -0.25) is 4.79 Å². The Bertz CT molecular complexity index is 526. The third kappa shape index (κ3) is 1.36. The fourth-order valence-corrected chi connectivity index (χ4v) is 4.50. The van der Waals surface area contributed by atoms with Crippen molar-refractivity contribution in [3.05, 3.63) is 34.9 Å². The van der Waals surface area contributed by atoms with Crippen molar-refractivity contribution in [2.24, 2.45) is 11.3 Å². The van der Waals surface area contributed by atoms with Crippen molar-refractivity contribution in [3.8, 4) is 0 Å². The van der Waals surface area contributed by atoms with E-state index in [4.69, 9.17) is 0 Å². The van der Waals surface area contributed by atoms with Gasteiger partial charge in [0, 0.05) is 16.9 Å². The van der Waals surface area contributed by atoms with Gasteiger partial charge in [0.15, 0.2) is 5.78 Å². The Hall–Kier alpha value is -1.11. The minimum atomic E-state index is 0.0696. The molecule has 0 heterocycles. The molecule has 0 aromatic heterocycles. The second-order valence-corrected chi connectivity index (χ2v) is 7.11. The van der Waals surface area contributed by atoms with Crippen LogP contribution in [0.15, 0.2) is 18.2 Å². The number of aryl methyl sites for hydroxylation is 1. The van der Waals surface area contributed by atoms with Crippen LogP contribution in [0, 0.1) is 18.3 Å². The molecule has 3 rings (SSSR count). The molecule has 0 radical (unpaired) electrons. The molecule has 2 atom stereocenters. The van der Waals surface area contributed by atoms with E-state index in [1.165, 1.54) is 24.0 Å². The Morgan fingerprint density at radius 3 is 2.61 bits per heavy atom. The molecule has 2 aliphatic carbocycles. The molecular weight excluding hydrogens is 220 g/mol. The number of hydrogen-bond donors (Lipinski definition) is 0. The minimum Gasteiger partial charge on any atom is -0.294 e. The van der Waals surface area contributed by atoms with Crippen molar-refractivity contribution in [2.45, 2.75) is 52.4 Å². The average molecular weight is 242 g/mol. The summed E-state index contributed by atoms with van der Waals surface area (Å²) < 4.78 is 0. The van der Waals surface area contributed by atoms with Gasteiger partial charge in [0.25, 0.3) is 0 Å². The van der Waals surface area contributed by atoms with Crippen LogP contribution in [0.5, 0.6) is 0 Å². The van der Waals surface area contributed by atoms with Crippen LogP contribution in [0.4, 0.5) is 0 Å². The van der Waals surface area contributed by atoms with E-state index in [0.717, 1.165) is 12.0 Å². The molecule has 18 heavy (non-hydrogen) atoms. The van der Waals surface area contributed by atoms with Gasteiger partial charge in [-0.25, -0.2) is 0 Å². The molecule has 1 heteroatoms. The Kier molecular flexibility index (Phi) is 2.30. The largest absolute Gasteiger partial charge is 0.294 e. The number of hydrogen-bond acceptors (Lipinski definition) is 1. The number of carbonyl (C=O) groups excluding carboxylic acids is 1. The summed E-state index contributed by atoms with van der Waals surface area (Å²) in [6.07, 6.45) is 3.57. The van der Waals surface area contributed by atoms with Gasteiger partial charge in [0.05, 0.1) is 0 Å². The zero-order chi connectivity index (χ0) is 13.1. The smallest absolute Gasteiger partial charge is 0.167 e. The fourth-order valence-electron chi connectivity index (χ4n) is 4.50. The number of ketones is 1. The minimum absolute atomic E-state index is 0.0696. The van der Waals surface area contributed by atoms with E-state index < -0.39 is 0 Å². The van der Waals surface area contributed by atoms with Gasteiger partial charge in [-0.2, -0.15) is 0 Å². The van der Waals surface area contributed by atoms with Crippen molar-refractivity contribution >= 4 is 5.78 Å². The Labute approximate surface area is 110 Å². The highest BCUT2D eigenvalue weighted by Crippen LogP contribution is 2.58. The van der Waals surface area contributed by atoms with Crippen LogP contribution >= 0.6 is 0 Å². The third-order valence-corrected chi connectivity index (χ3v) is 5.25. The maximum Gasteiger partial charge on any atom is 0.167 e. The highest BCUT2D eigenvalue weighted by Gasteiger charge is 2.56. The first kappa shape index (κ1) is 12.0. The number of benzene rings is 1. The van der Waals surface area contributed by atoms with Gasteiger partial charge in [0.2, 0.25) is 0 Å². The van der Waals surface area contributed by atoms with E-state index in [9.17, 15) is 4.79 Å². The zero-order valence-corrected chi connectivity index (χ0v) is 11.8. The predicted molar refractivity (Wildman–Crippen MR) is 74.0 cm³/mol. The van der Waals surface area contributed by atoms with Gasteiger partial charge < -0.3 is 0 Å². The van der Waals surface area contributed by atoms with E-state index in [0.29, 0.717) is 5.78 Å². The summed E-state index contributed by atoms with van der Waals surface area (Å²) in [6, 6.07) is 6.37. The Balaban J connectivity index is 2.23. The maximum atomic E-state index is 12.8. The molecule has 1 fully saturated rings. The molecule has 0 N–H and O–H groups in total. The molecule has 2 unspecified atom stereocenters. The molecule has 2 aliphatic rings. The standard InChI is InChI=1S/C17H22O/c1-11-6-7-12-13(10-11)17(4)9-5-8-16(2,3)15(17)14(12)18/h6-7,10,15H,5,8-9H2,1-4H3. The van der Waals surface area contributed by atoms with Crippen LogP contribution in [0.1, 0.15) is 61.5 Å². The summed E-state index contributed by atoms with van der Waals surface area (Å²) in [5.74, 6) is 0.563. The summed E-state index contributed by atoms with van der Waals surface area (Å²) in [4.78, 5) is 12.8. The molecule has 1 aromatic rings. The Morgan fingerprint density at radius 1 is 1.17 bits per heavy atom. The van der Waals surface area contributed by atoms with Crippen LogP contribution < -0.4 is 0 Å². The normalized spacial score (nSPS) is 33.1. The quantitative estimate of drug-likeness (QED) is 0.664. The summed E-state index contributed by atoms with van der Waals surface area (Å²) in [7, 11) is 0. The van der Waals surface area contributed by atoms with Gasteiger partial charge in [0.1, 0.15) is 0 Å².